The Morgan fingerprint density at radius 1 is 1.33 bits per heavy atom. The van der Waals surface area contributed by atoms with E-state index in [2.05, 4.69) is 20.2 Å². The number of fused-ring (bicyclic) bond motifs is 4. The molecule has 4 heterocycles. The molecule has 1 N–H and O–H groups in total. The van der Waals surface area contributed by atoms with Crippen LogP contribution in [0.2, 0.25) is 0 Å². The van der Waals surface area contributed by atoms with Crippen LogP contribution in [-0.4, -0.2) is 40.5 Å². The van der Waals surface area contributed by atoms with E-state index in [0.29, 0.717) is 24.2 Å². The van der Waals surface area contributed by atoms with Gasteiger partial charge in [-0.25, -0.2) is 9.97 Å². The van der Waals surface area contributed by atoms with Gasteiger partial charge in [0.25, 0.3) is 0 Å². The molecule has 0 saturated carbocycles. The number of aromatic nitrogens is 2. The van der Waals surface area contributed by atoms with Crippen molar-refractivity contribution in [3.8, 4) is 0 Å². The highest BCUT2D eigenvalue weighted by molar-refractivity contribution is 5.17. The summed E-state index contributed by atoms with van der Waals surface area (Å²) >= 11 is 0. The Labute approximate surface area is 121 Å². The van der Waals surface area contributed by atoms with Crippen LogP contribution in [0, 0.1) is 12.8 Å². The lowest BCUT2D eigenvalue weighted by atomic mass is 9.94. The van der Waals surface area contributed by atoms with E-state index in [9.17, 15) is 13.2 Å². The zero-order chi connectivity index (χ0) is 15.0. The molecule has 2 bridgehead atoms. The van der Waals surface area contributed by atoms with Crippen LogP contribution in [0.25, 0.3) is 0 Å². The average molecular weight is 300 g/mol. The van der Waals surface area contributed by atoms with Gasteiger partial charge in [-0.15, -0.1) is 0 Å². The van der Waals surface area contributed by atoms with E-state index in [-0.39, 0.29) is 0 Å². The third-order valence-electron chi connectivity index (χ3n) is 4.44. The van der Waals surface area contributed by atoms with Gasteiger partial charge >= 0.3 is 6.18 Å². The number of halogens is 3. The largest absolute Gasteiger partial charge is 0.451 e. The zero-order valence-corrected chi connectivity index (χ0v) is 12.0. The first-order valence-electron chi connectivity index (χ1n) is 7.28. The third kappa shape index (κ3) is 3.18. The molecule has 1 aromatic heterocycles. The van der Waals surface area contributed by atoms with Crippen LogP contribution >= 0.6 is 0 Å². The lowest BCUT2D eigenvalue weighted by Gasteiger charge is -2.36. The molecule has 0 unspecified atom stereocenters. The fourth-order valence-electron chi connectivity index (χ4n) is 3.23. The van der Waals surface area contributed by atoms with Crippen molar-refractivity contribution in [1.29, 1.82) is 0 Å². The highest BCUT2D eigenvalue weighted by Gasteiger charge is 2.35. The van der Waals surface area contributed by atoms with Crippen molar-refractivity contribution in [3.05, 3.63) is 23.3 Å². The van der Waals surface area contributed by atoms with Crippen molar-refractivity contribution < 1.29 is 13.2 Å². The van der Waals surface area contributed by atoms with E-state index in [1.54, 1.807) is 6.92 Å². The van der Waals surface area contributed by atoms with E-state index >= 15 is 0 Å². The Morgan fingerprint density at radius 3 is 2.86 bits per heavy atom. The minimum absolute atomic E-state index is 0.422. The summed E-state index contributed by atoms with van der Waals surface area (Å²) < 4.78 is 37.8. The highest BCUT2D eigenvalue weighted by atomic mass is 19.4. The number of piperidine rings is 1. The van der Waals surface area contributed by atoms with Crippen LogP contribution in [0.5, 0.6) is 0 Å². The first-order valence-corrected chi connectivity index (χ1v) is 7.28. The second-order valence-corrected chi connectivity index (χ2v) is 5.99. The third-order valence-corrected chi connectivity index (χ3v) is 4.44. The second kappa shape index (κ2) is 5.53. The lowest BCUT2D eigenvalue weighted by molar-refractivity contribution is -0.145. The quantitative estimate of drug-likeness (QED) is 0.907. The Morgan fingerprint density at radius 2 is 2.14 bits per heavy atom. The van der Waals surface area contributed by atoms with Gasteiger partial charge in [0.2, 0.25) is 5.82 Å². The lowest BCUT2D eigenvalue weighted by Crippen LogP contribution is -2.43. The van der Waals surface area contributed by atoms with Crippen LogP contribution in [0.4, 0.5) is 13.2 Å². The number of alkyl halides is 3. The molecule has 2 atom stereocenters. The second-order valence-electron chi connectivity index (χ2n) is 5.99. The molecule has 0 spiro atoms. The topological polar surface area (TPSA) is 41.1 Å². The molecule has 3 aliphatic rings. The first kappa shape index (κ1) is 14.7. The van der Waals surface area contributed by atoms with Gasteiger partial charge in [0.15, 0.2) is 0 Å². The molecule has 7 heteroatoms. The van der Waals surface area contributed by atoms with Gasteiger partial charge in [0, 0.05) is 43.1 Å². The molecule has 3 fully saturated rings. The summed E-state index contributed by atoms with van der Waals surface area (Å²) in [5, 5.41) is 3.45. The van der Waals surface area contributed by atoms with E-state index in [1.165, 1.54) is 12.6 Å². The minimum atomic E-state index is -4.48. The zero-order valence-electron chi connectivity index (χ0n) is 12.0. The van der Waals surface area contributed by atoms with Crippen molar-refractivity contribution in [2.75, 3.05) is 19.6 Å². The maximum absolute atomic E-state index is 12.6. The molecule has 0 aliphatic carbocycles. The fourth-order valence-corrected chi connectivity index (χ4v) is 3.23. The number of nitrogens with one attached hydrogen (secondary N) is 1. The highest BCUT2D eigenvalue weighted by Crippen LogP contribution is 2.28. The standard InChI is InChI=1S/C14H19F3N4/c1-9-11(5-19-13(20-9)14(15,16)17)8-21-7-10-2-3-12(21)6-18-4-10/h5,10,12,18H,2-4,6-8H2,1H3/t10-,12+/m1/s1. The van der Waals surface area contributed by atoms with Crippen molar-refractivity contribution in [3.63, 3.8) is 0 Å². The number of aryl methyl sites for hydroxylation is 1. The monoisotopic (exact) mass is 300 g/mol. The van der Waals surface area contributed by atoms with E-state index in [0.717, 1.165) is 31.6 Å². The van der Waals surface area contributed by atoms with Gasteiger partial charge in [0.05, 0.1) is 0 Å². The van der Waals surface area contributed by atoms with Gasteiger partial charge in [-0.05, 0) is 32.2 Å². The summed E-state index contributed by atoms with van der Waals surface area (Å²) in [6, 6.07) is 0.463. The molecule has 0 aromatic carbocycles. The molecule has 0 amide bonds. The van der Waals surface area contributed by atoms with Crippen LogP contribution < -0.4 is 5.32 Å². The minimum Gasteiger partial charge on any atom is -0.315 e. The summed E-state index contributed by atoms with van der Waals surface area (Å²) in [5.41, 5.74) is 1.21. The predicted octanol–water partition coefficient (Wildman–Crippen LogP) is 1.99. The fraction of sp³-hybridized carbons (Fsp3) is 0.714. The number of hydrogen-bond donors (Lipinski definition) is 1. The molecule has 21 heavy (non-hydrogen) atoms. The van der Waals surface area contributed by atoms with Crippen LogP contribution in [0.1, 0.15) is 29.9 Å². The van der Waals surface area contributed by atoms with Gasteiger partial charge < -0.3 is 5.32 Å². The van der Waals surface area contributed by atoms with Crippen LogP contribution in [0.15, 0.2) is 6.20 Å². The Bertz CT molecular complexity index is 513. The van der Waals surface area contributed by atoms with E-state index in [4.69, 9.17) is 0 Å². The van der Waals surface area contributed by atoms with Crippen molar-refractivity contribution in [2.45, 2.75) is 38.5 Å². The number of nitrogens with zero attached hydrogens (tertiary/aromatic N) is 3. The Hall–Kier alpha value is -1.21. The van der Waals surface area contributed by atoms with Gasteiger partial charge in [-0.1, -0.05) is 0 Å². The number of rotatable bonds is 2. The van der Waals surface area contributed by atoms with Gasteiger partial charge in [-0.3, -0.25) is 4.90 Å². The average Bonchev–Trinajstić information content (AvgIpc) is 2.75. The van der Waals surface area contributed by atoms with Gasteiger partial charge in [0.1, 0.15) is 0 Å². The smallest absolute Gasteiger partial charge is 0.315 e. The predicted molar refractivity (Wildman–Crippen MR) is 71.6 cm³/mol. The molecule has 3 aliphatic heterocycles. The summed E-state index contributed by atoms with van der Waals surface area (Å²) in [5.74, 6) is -0.415. The van der Waals surface area contributed by atoms with Crippen molar-refractivity contribution >= 4 is 0 Å². The van der Waals surface area contributed by atoms with Gasteiger partial charge in [-0.2, -0.15) is 13.2 Å². The van der Waals surface area contributed by atoms with Crippen LogP contribution in [0.3, 0.4) is 0 Å². The molecular formula is C14H19F3N4. The summed E-state index contributed by atoms with van der Waals surface area (Å²) in [4.78, 5) is 9.45. The molecule has 4 rings (SSSR count). The molecule has 116 valence electrons. The Kier molecular flexibility index (Phi) is 3.88. The van der Waals surface area contributed by atoms with Crippen LogP contribution in [-0.2, 0) is 12.7 Å². The van der Waals surface area contributed by atoms with E-state index in [1.807, 2.05) is 0 Å². The molecular weight excluding hydrogens is 281 g/mol. The molecule has 4 nitrogen and oxygen atoms in total. The van der Waals surface area contributed by atoms with E-state index < -0.39 is 12.0 Å². The summed E-state index contributed by atoms with van der Waals surface area (Å²) in [6.45, 7) is 5.25. The SMILES string of the molecule is Cc1nc(C(F)(F)F)ncc1CN1C[C@@H]2CC[C@H]1CNC2. The number of hydrogen-bond acceptors (Lipinski definition) is 4. The molecule has 1 aromatic rings. The maximum atomic E-state index is 12.6. The normalized spacial score (nSPS) is 26.9. The molecule has 0 radical (unpaired) electrons. The summed E-state index contributed by atoms with van der Waals surface area (Å²) in [7, 11) is 0. The molecule has 3 saturated heterocycles. The Balaban J connectivity index is 1.76. The summed E-state index contributed by atoms with van der Waals surface area (Å²) in [6.07, 6.45) is -0.763. The maximum Gasteiger partial charge on any atom is 0.451 e. The first-order chi connectivity index (χ1) is 9.93. The van der Waals surface area contributed by atoms with Crippen molar-refractivity contribution in [1.82, 2.24) is 20.2 Å². The van der Waals surface area contributed by atoms with Crippen molar-refractivity contribution in [2.24, 2.45) is 5.92 Å².